The first-order valence-corrected chi connectivity index (χ1v) is 11.6. The summed E-state index contributed by atoms with van der Waals surface area (Å²) in [5.74, 6) is -1.26. The van der Waals surface area contributed by atoms with Crippen LogP contribution in [0.15, 0.2) is 48.5 Å². The van der Waals surface area contributed by atoms with E-state index >= 15 is 0 Å². The van der Waals surface area contributed by atoms with E-state index in [2.05, 4.69) is 34.9 Å². The molecule has 33 heavy (non-hydrogen) atoms. The van der Waals surface area contributed by atoms with Crippen LogP contribution in [0, 0.1) is 5.92 Å². The molecule has 0 heterocycles. The minimum atomic E-state index is -0.791. The predicted octanol–water partition coefficient (Wildman–Crippen LogP) is 4.06. The summed E-state index contributed by atoms with van der Waals surface area (Å²) in [5, 5.41) is 14.8. The highest BCUT2D eigenvalue weighted by atomic mass is 16.5. The molecule has 7 nitrogen and oxygen atoms in total. The lowest BCUT2D eigenvalue weighted by atomic mass is 9.86. The van der Waals surface area contributed by atoms with Crippen molar-refractivity contribution in [1.82, 2.24) is 10.6 Å². The van der Waals surface area contributed by atoms with E-state index in [-0.39, 0.29) is 36.8 Å². The minimum Gasteiger partial charge on any atom is -0.481 e. The van der Waals surface area contributed by atoms with Gasteiger partial charge in [-0.1, -0.05) is 55.0 Å². The zero-order valence-corrected chi connectivity index (χ0v) is 18.6. The molecular formula is C26H30N2O5. The van der Waals surface area contributed by atoms with E-state index in [1.54, 1.807) is 0 Å². The summed E-state index contributed by atoms with van der Waals surface area (Å²) in [6.45, 7) is 0.597. The molecule has 2 aromatic carbocycles. The van der Waals surface area contributed by atoms with E-state index in [9.17, 15) is 14.4 Å². The number of ether oxygens (including phenoxy) is 1. The summed E-state index contributed by atoms with van der Waals surface area (Å²) in [6.07, 6.45) is 3.06. The number of nitrogens with one attached hydrogen (secondary N) is 2. The molecule has 7 heteroatoms. The van der Waals surface area contributed by atoms with Crippen molar-refractivity contribution in [3.8, 4) is 11.1 Å². The SMILES string of the molecule is O=C(CCCNC(=O)OCC1c2ccccc2-c2ccccc21)N[C@H]1CCC[C@@H](C(=O)O)C1. The Morgan fingerprint density at radius 2 is 1.64 bits per heavy atom. The Morgan fingerprint density at radius 1 is 0.970 bits per heavy atom. The maximum atomic E-state index is 12.2. The van der Waals surface area contributed by atoms with E-state index in [0.29, 0.717) is 25.8 Å². The Bertz CT molecular complexity index is 976. The van der Waals surface area contributed by atoms with Gasteiger partial charge in [-0.2, -0.15) is 0 Å². The number of benzene rings is 2. The van der Waals surface area contributed by atoms with Crippen LogP contribution in [0.5, 0.6) is 0 Å². The van der Waals surface area contributed by atoms with Crippen molar-refractivity contribution in [3.63, 3.8) is 0 Å². The third-order valence-electron chi connectivity index (χ3n) is 6.58. The van der Waals surface area contributed by atoms with Gasteiger partial charge >= 0.3 is 12.1 Å². The number of fused-ring (bicyclic) bond motifs is 3. The molecular weight excluding hydrogens is 420 g/mol. The van der Waals surface area contributed by atoms with Crippen LogP contribution >= 0.6 is 0 Å². The number of carboxylic acid groups (broad SMARTS) is 1. The van der Waals surface area contributed by atoms with Crippen LogP contribution < -0.4 is 10.6 Å². The van der Waals surface area contributed by atoms with Crippen molar-refractivity contribution in [2.45, 2.75) is 50.5 Å². The summed E-state index contributed by atoms with van der Waals surface area (Å²) < 4.78 is 5.50. The Morgan fingerprint density at radius 3 is 2.30 bits per heavy atom. The predicted molar refractivity (Wildman–Crippen MR) is 124 cm³/mol. The number of carbonyl (C=O) groups excluding carboxylic acids is 2. The topological polar surface area (TPSA) is 105 Å². The Labute approximate surface area is 193 Å². The number of rotatable bonds is 8. The minimum absolute atomic E-state index is 0.0130. The number of carboxylic acids is 1. The molecule has 174 valence electrons. The molecule has 2 aliphatic rings. The van der Waals surface area contributed by atoms with Crippen LogP contribution in [0.4, 0.5) is 4.79 Å². The molecule has 0 bridgehead atoms. The number of hydrogen-bond acceptors (Lipinski definition) is 4. The molecule has 2 aromatic rings. The third-order valence-corrected chi connectivity index (χ3v) is 6.58. The fourth-order valence-electron chi connectivity index (χ4n) is 4.93. The van der Waals surface area contributed by atoms with Gasteiger partial charge < -0.3 is 20.5 Å². The normalized spacial score (nSPS) is 19.3. The van der Waals surface area contributed by atoms with Crippen molar-refractivity contribution in [2.24, 2.45) is 5.92 Å². The molecule has 1 fully saturated rings. The number of amides is 2. The molecule has 0 aliphatic heterocycles. The third kappa shape index (κ3) is 5.53. The maximum absolute atomic E-state index is 12.2. The highest BCUT2D eigenvalue weighted by Crippen LogP contribution is 2.44. The second kappa shape index (κ2) is 10.5. The van der Waals surface area contributed by atoms with Crippen molar-refractivity contribution in [3.05, 3.63) is 59.7 Å². The molecule has 2 aliphatic carbocycles. The van der Waals surface area contributed by atoms with Gasteiger partial charge in [0.2, 0.25) is 5.91 Å². The first kappa shape index (κ1) is 22.8. The van der Waals surface area contributed by atoms with E-state index in [1.807, 2.05) is 24.3 Å². The Hall–Kier alpha value is -3.35. The van der Waals surface area contributed by atoms with Gasteiger partial charge in [-0.15, -0.1) is 0 Å². The average Bonchev–Trinajstić information content (AvgIpc) is 3.14. The molecule has 4 rings (SSSR count). The molecule has 0 radical (unpaired) electrons. The molecule has 0 aromatic heterocycles. The van der Waals surface area contributed by atoms with Gasteiger partial charge in [-0.3, -0.25) is 9.59 Å². The average molecular weight is 451 g/mol. The molecule has 2 atom stereocenters. The highest BCUT2D eigenvalue weighted by molar-refractivity contribution is 5.79. The van der Waals surface area contributed by atoms with Gasteiger partial charge in [0.1, 0.15) is 6.61 Å². The quantitative estimate of drug-likeness (QED) is 0.526. The van der Waals surface area contributed by atoms with Crippen molar-refractivity contribution >= 4 is 18.0 Å². The summed E-state index contributed by atoms with van der Waals surface area (Å²) in [6, 6.07) is 16.3. The monoisotopic (exact) mass is 450 g/mol. The molecule has 1 saturated carbocycles. The molecule has 0 saturated heterocycles. The standard InChI is InChI=1S/C26H30N2O5/c29-24(28-18-8-5-7-17(15-18)25(30)31)13-6-14-27-26(32)33-16-23-21-11-3-1-9-19(21)20-10-2-4-12-22(20)23/h1-4,9-12,17-18,23H,5-8,13-16H2,(H,27,32)(H,28,29)(H,30,31)/t17-,18+/m1/s1. The first-order valence-electron chi connectivity index (χ1n) is 11.6. The number of hydrogen-bond donors (Lipinski definition) is 3. The fourth-order valence-corrected chi connectivity index (χ4v) is 4.93. The summed E-state index contributed by atoms with van der Waals surface area (Å²) in [4.78, 5) is 35.5. The lowest BCUT2D eigenvalue weighted by Crippen LogP contribution is -2.40. The first-order chi connectivity index (χ1) is 16.0. The van der Waals surface area contributed by atoms with Crippen molar-refractivity contribution in [1.29, 1.82) is 0 Å². The van der Waals surface area contributed by atoms with Gasteiger partial charge in [0.05, 0.1) is 5.92 Å². The zero-order chi connectivity index (χ0) is 23.2. The van der Waals surface area contributed by atoms with Gasteiger partial charge in [-0.05, 0) is 47.9 Å². The van der Waals surface area contributed by atoms with E-state index in [4.69, 9.17) is 9.84 Å². The number of carbonyl (C=O) groups is 3. The fraction of sp³-hybridized carbons (Fsp3) is 0.423. The van der Waals surface area contributed by atoms with Crippen molar-refractivity contribution in [2.75, 3.05) is 13.2 Å². The lowest BCUT2D eigenvalue weighted by Gasteiger charge is -2.27. The van der Waals surface area contributed by atoms with E-state index in [1.165, 1.54) is 11.1 Å². The van der Waals surface area contributed by atoms with E-state index in [0.717, 1.165) is 24.0 Å². The lowest BCUT2D eigenvalue weighted by molar-refractivity contribution is -0.143. The summed E-state index contributed by atoms with van der Waals surface area (Å²) in [5.41, 5.74) is 4.69. The molecule has 0 unspecified atom stereocenters. The summed E-state index contributed by atoms with van der Waals surface area (Å²) in [7, 11) is 0. The Balaban J connectivity index is 1.17. The van der Waals surface area contributed by atoms with Crippen LogP contribution in [0.2, 0.25) is 0 Å². The molecule has 3 N–H and O–H groups in total. The van der Waals surface area contributed by atoms with E-state index < -0.39 is 12.1 Å². The second-order valence-electron chi connectivity index (χ2n) is 8.82. The largest absolute Gasteiger partial charge is 0.481 e. The highest BCUT2D eigenvalue weighted by Gasteiger charge is 2.29. The molecule has 0 spiro atoms. The Kier molecular flexibility index (Phi) is 7.27. The second-order valence-corrected chi connectivity index (χ2v) is 8.82. The molecule has 2 amide bonds. The van der Waals surface area contributed by atoms with Crippen LogP contribution in [-0.4, -0.2) is 42.3 Å². The maximum Gasteiger partial charge on any atom is 0.407 e. The van der Waals surface area contributed by atoms with Crippen LogP contribution in [0.1, 0.15) is 55.6 Å². The van der Waals surface area contributed by atoms with Crippen molar-refractivity contribution < 1.29 is 24.2 Å². The number of alkyl carbamates (subject to hydrolysis) is 1. The van der Waals surface area contributed by atoms with Gasteiger partial charge in [0, 0.05) is 24.9 Å². The smallest absolute Gasteiger partial charge is 0.407 e. The van der Waals surface area contributed by atoms with Crippen LogP contribution in [0.25, 0.3) is 11.1 Å². The van der Waals surface area contributed by atoms with Crippen LogP contribution in [0.3, 0.4) is 0 Å². The van der Waals surface area contributed by atoms with Crippen LogP contribution in [-0.2, 0) is 14.3 Å². The number of aliphatic carboxylic acids is 1. The van der Waals surface area contributed by atoms with Gasteiger partial charge in [-0.25, -0.2) is 4.79 Å². The van der Waals surface area contributed by atoms with Gasteiger partial charge in [0.15, 0.2) is 0 Å². The summed E-state index contributed by atoms with van der Waals surface area (Å²) >= 11 is 0. The zero-order valence-electron chi connectivity index (χ0n) is 18.6. The van der Waals surface area contributed by atoms with Gasteiger partial charge in [0.25, 0.3) is 0 Å².